The van der Waals surface area contributed by atoms with Gasteiger partial charge in [-0.1, -0.05) is 58.4 Å². The molecular formula is C20H25BrO2S. The highest BCUT2D eigenvalue weighted by Crippen LogP contribution is 2.43. The SMILES string of the molecule is COc1c(C)ccc(Sc2ccccc2CCCCCBr)c1OC. The molecule has 2 aromatic rings. The zero-order valence-electron chi connectivity index (χ0n) is 14.6. The number of aryl methyl sites for hydroxylation is 2. The minimum Gasteiger partial charge on any atom is -0.493 e. The molecule has 2 nitrogen and oxygen atoms in total. The lowest BCUT2D eigenvalue weighted by atomic mass is 10.1. The van der Waals surface area contributed by atoms with Gasteiger partial charge < -0.3 is 9.47 Å². The maximum atomic E-state index is 5.62. The lowest BCUT2D eigenvalue weighted by Crippen LogP contribution is -1.96. The van der Waals surface area contributed by atoms with E-state index < -0.39 is 0 Å². The molecule has 0 saturated heterocycles. The zero-order chi connectivity index (χ0) is 17.4. The monoisotopic (exact) mass is 408 g/mol. The second kappa shape index (κ2) is 10.00. The number of benzene rings is 2. The van der Waals surface area contributed by atoms with Crippen LogP contribution in [-0.4, -0.2) is 19.5 Å². The van der Waals surface area contributed by atoms with Gasteiger partial charge in [-0.05, 0) is 49.4 Å². The average Bonchev–Trinajstić information content (AvgIpc) is 2.61. The van der Waals surface area contributed by atoms with Crippen LogP contribution in [0.2, 0.25) is 0 Å². The second-order valence-corrected chi connectivity index (χ2v) is 7.53. The van der Waals surface area contributed by atoms with Crippen molar-refractivity contribution in [3.8, 4) is 11.5 Å². The van der Waals surface area contributed by atoms with Gasteiger partial charge in [0, 0.05) is 10.2 Å². The highest BCUT2D eigenvalue weighted by Gasteiger charge is 2.15. The summed E-state index contributed by atoms with van der Waals surface area (Å²) in [5, 5.41) is 1.09. The second-order valence-electron chi connectivity index (χ2n) is 5.66. The van der Waals surface area contributed by atoms with Crippen molar-refractivity contribution in [1.29, 1.82) is 0 Å². The van der Waals surface area contributed by atoms with Crippen LogP contribution in [0.5, 0.6) is 11.5 Å². The third-order valence-corrected chi connectivity index (χ3v) is 5.67. The molecule has 0 amide bonds. The molecule has 0 aliphatic rings. The fourth-order valence-electron chi connectivity index (χ4n) is 2.69. The summed E-state index contributed by atoms with van der Waals surface area (Å²) in [6, 6.07) is 12.8. The number of hydrogen-bond acceptors (Lipinski definition) is 3. The molecule has 0 atom stereocenters. The van der Waals surface area contributed by atoms with Crippen molar-refractivity contribution in [2.75, 3.05) is 19.5 Å². The van der Waals surface area contributed by atoms with Crippen LogP contribution in [0, 0.1) is 6.92 Å². The molecule has 0 fully saturated rings. The number of methoxy groups -OCH3 is 2. The molecular weight excluding hydrogens is 384 g/mol. The van der Waals surface area contributed by atoms with E-state index in [0.717, 1.165) is 33.7 Å². The van der Waals surface area contributed by atoms with E-state index in [9.17, 15) is 0 Å². The van der Waals surface area contributed by atoms with E-state index in [0.29, 0.717) is 0 Å². The van der Waals surface area contributed by atoms with Crippen LogP contribution in [0.25, 0.3) is 0 Å². The number of rotatable bonds is 9. The number of unbranched alkanes of at least 4 members (excludes halogenated alkanes) is 2. The summed E-state index contributed by atoms with van der Waals surface area (Å²) in [6.45, 7) is 2.04. The summed E-state index contributed by atoms with van der Waals surface area (Å²) >= 11 is 5.25. The Balaban J connectivity index is 2.22. The molecule has 0 unspecified atom stereocenters. The van der Waals surface area contributed by atoms with Gasteiger partial charge in [0.05, 0.1) is 19.1 Å². The lowest BCUT2D eigenvalue weighted by molar-refractivity contribution is 0.346. The molecule has 130 valence electrons. The Morgan fingerprint density at radius 1 is 0.875 bits per heavy atom. The van der Waals surface area contributed by atoms with Crippen molar-refractivity contribution in [3.63, 3.8) is 0 Å². The Morgan fingerprint density at radius 2 is 1.62 bits per heavy atom. The normalized spacial score (nSPS) is 10.7. The number of alkyl halides is 1. The molecule has 0 spiro atoms. The minimum atomic E-state index is 0.816. The van der Waals surface area contributed by atoms with E-state index >= 15 is 0 Å². The van der Waals surface area contributed by atoms with Crippen molar-refractivity contribution < 1.29 is 9.47 Å². The van der Waals surface area contributed by atoms with Crippen molar-refractivity contribution in [2.45, 2.75) is 42.4 Å². The standard InChI is InChI=1S/C20H25BrO2S/c1-15-12-13-18(20(23-3)19(15)22-2)24-17-11-7-6-10-16(17)9-5-4-8-14-21/h6-7,10-13H,4-5,8-9,14H2,1-3H3. The van der Waals surface area contributed by atoms with Crippen LogP contribution < -0.4 is 9.47 Å². The molecule has 0 radical (unpaired) electrons. The minimum absolute atomic E-state index is 0.816. The Bertz CT molecular complexity index is 658. The van der Waals surface area contributed by atoms with E-state index in [4.69, 9.17) is 9.47 Å². The molecule has 0 aromatic heterocycles. The first kappa shape index (κ1) is 19.2. The van der Waals surface area contributed by atoms with E-state index in [1.807, 2.05) is 6.92 Å². The van der Waals surface area contributed by atoms with Gasteiger partial charge >= 0.3 is 0 Å². The van der Waals surface area contributed by atoms with Gasteiger partial charge in [0.1, 0.15) is 0 Å². The van der Waals surface area contributed by atoms with Gasteiger partial charge in [0.25, 0.3) is 0 Å². The molecule has 0 heterocycles. The smallest absolute Gasteiger partial charge is 0.174 e. The lowest BCUT2D eigenvalue weighted by Gasteiger charge is -2.16. The average molecular weight is 409 g/mol. The van der Waals surface area contributed by atoms with E-state index in [1.165, 1.54) is 29.7 Å². The first-order chi connectivity index (χ1) is 11.7. The van der Waals surface area contributed by atoms with E-state index in [1.54, 1.807) is 26.0 Å². The third kappa shape index (κ3) is 4.93. The summed E-state index contributed by atoms with van der Waals surface area (Å²) in [4.78, 5) is 2.38. The van der Waals surface area contributed by atoms with E-state index in [-0.39, 0.29) is 0 Å². The fraction of sp³-hybridized carbons (Fsp3) is 0.400. The van der Waals surface area contributed by atoms with Crippen LogP contribution >= 0.6 is 27.7 Å². The molecule has 24 heavy (non-hydrogen) atoms. The predicted molar refractivity (Wildman–Crippen MR) is 106 cm³/mol. The quantitative estimate of drug-likeness (QED) is 0.359. The van der Waals surface area contributed by atoms with Crippen LogP contribution in [0.1, 0.15) is 30.4 Å². The Labute approximate surface area is 158 Å². The molecule has 0 aliphatic carbocycles. The van der Waals surface area contributed by atoms with E-state index in [2.05, 4.69) is 52.3 Å². The summed E-state index contributed by atoms with van der Waals surface area (Å²) in [5.41, 5.74) is 2.49. The third-order valence-electron chi connectivity index (χ3n) is 3.95. The van der Waals surface area contributed by atoms with Crippen molar-refractivity contribution in [2.24, 2.45) is 0 Å². The molecule has 0 aliphatic heterocycles. The zero-order valence-corrected chi connectivity index (χ0v) is 17.0. The highest BCUT2D eigenvalue weighted by molar-refractivity contribution is 9.09. The number of hydrogen-bond donors (Lipinski definition) is 0. The predicted octanol–water partition coefficient (Wildman–Crippen LogP) is 6.27. The highest BCUT2D eigenvalue weighted by atomic mass is 79.9. The van der Waals surface area contributed by atoms with Gasteiger partial charge in [-0.3, -0.25) is 0 Å². The summed E-state index contributed by atoms with van der Waals surface area (Å²) in [5.74, 6) is 1.63. The van der Waals surface area contributed by atoms with Gasteiger partial charge in [-0.15, -0.1) is 0 Å². The Kier molecular flexibility index (Phi) is 8.00. The van der Waals surface area contributed by atoms with Gasteiger partial charge in [-0.25, -0.2) is 0 Å². The van der Waals surface area contributed by atoms with Gasteiger partial charge in [0.15, 0.2) is 11.5 Å². The molecule has 0 N–H and O–H groups in total. The molecule has 2 aromatic carbocycles. The molecule has 0 bridgehead atoms. The first-order valence-corrected chi connectivity index (χ1v) is 10.2. The van der Waals surface area contributed by atoms with Gasteiger partial charge in [0.2, 0.25) is 0 Å². The summed E-state index contributed by atoms with van der Waals surface area (Å²) in [7, 11) is 3.39. The van der Waals surface area contributed by atoms with Crippen molar-refractivity contribution in [3.05, 3.63) is 47.5 Å². The van der Waals surface area contributed by atoms with Crippen LogP contribution in [0.3, 0.4) is 0 Å². The molecule has 4 heteroatoms. The number of halogens is 1. The molecule has 0 saturated carbocycles. The maximum absolute atomic E-state index is 5.62. The van der Waals surface area contributed by atoms with Crippen molar-refractivity contribution >= 4 is 27.7 Å². The largest absolute Gasteiger partial charge is 0.493 e. The summed E-state index contributed by atoms with van der Waals surface area (Å²) in [6.07, 6.45) is 4.82. The summed E-state index contributed by atoms with van der Waals surface area (Å²) < 4.78 is 11.1. The first-order valence-electron chi connectivity index (χ1n) is 8.24. The van der Waals surface area contributed by atoms with Gasteiger partial charge in [-0.2, -0.15) is 0 Å². The van der Waals surface area contributed by atoms with Crippen LogP contribution in [-0.2, 0) is 6.42 Å². The van der Waals surface area contributed by atoms with Crippen LogP contribution in [0.15, 0.2) is 46.2 Å². The fourth-order valence-corrected chi connectivity index (χ4v) is 4.17. The topological polar surface area (TPSA) is 18.5 Å². The molecule has 2 rings (SSSR count). The maximum Gasteiger partial charge on any atom is 0.174 e. The van der Waals surface area contributed by atoms with Crippen molar-refractivity contribution in [1.82, 2.24) is 0 Å². The number of ether oxygens (including phenoxy) is 2. The Hall–Kier alpha value is -1.13. The van der Waals surface area contributed by atoms with Crippen LogP contribution in [0.4, 0.5) is 0 Å². The Morgan fingerprint density at radius 3 is 2.33 bits per heavy atom.